The SMILES string of the molecule is CCCCCCCCCC(=O)OCC(COC(=O)CCCCCCCCC)(COC(=O)CCCCCCCCC)COC(=O)CCCCCCCCC. The largest absolute Gasteiger partial charge is 0.465 e. The van der Waals surface area contributed by atoms with Crippen molar-refractivity contribution in [2.75, 3.05) is 26.4 Å². The molecule has 0 saturated heterocycles. The van der Waals surface area contributed by atoms with Gasteiger partial charge in [-0.3, -0.25) is 19.2 Å². The van der Waals surface area contributed by atoms with E-state index < -0.39 is 5.41 Å². The Balaban J connectivity index is 5.47. The zero-order valence-electron chi connectivity index (χ0n) is 35.2. The van der Waals surface area contributed by atoms with Crippen LogP contribution in [0, 0.1) is 5.41 Å². The molecule has 0 aromatic rings. The molecule has 0 aliphatic heterocycles. The smallest absolute Gasteiger partial charge is 0.305 e. The number of hydrogen-bond acceptors (Lipinski definition) is 8. The van der Waals surface area contributed by atoms with Crippen LogP contribution in [-0.4, -0.2) is 50.3 Å². The third-order valence-corrected chi connectivity index (χ3v) is 10.1. The summed E-state index contributed by atoms with van der Waals surface area (Å²) in [5, 5.41) is 0. The molecule has 0 aromatic heterocycles. The minimum Gasteiger partial charge on any atom is -0.465 e. The van der Waals surface area contributed by atoms with Gasteiger partial charge in [0.1, 0.15) is 31.8 Å². The quantitative estimate of drug-likeness (QED) is 0.0346. The molecule has 0 aliphatic rings. The van der Waals surface area contributed by atoms with Crippen molar-refractivity contribution < 1.29 is 38.1 Å². The van der Waals surface area contributed by atoms with Crippen LogP contribution in [0.3, 0.4) is 0 Å². The molecule has 312 valence electrons. The zero-order valence-corrected chi connectivity index (χ0v) is 35.2. The average Bonchev–Trinajstić information content (AvgIpc) is 3.15. The van der Waals surface area contributed by atoms with Crippen LogP contribution in [0.2, 0.25) is 0 Å². The summed E-state index contributed by atoms with van der Waals surface area (Å²) in [5.41, 5.74) is -1.18. The summed E-state index contributed by atoms with van der Waals surface area (Å²) in [5.74, 6) is -1.38. The van der Waals surface area contributed by atoms with Crippen molar-refractivity contribution in [3.63, 3.8) is 0 Å². The van der Waals surface area contributed by atoms with Crippen molar-refractivity contribution in [3.8, 4) is 0 Å². The molecule has 0 amide bonds. The lowest BCUT2D eigenvalue weighted by Crippen LogP contribution is -2.44. The van der Waals surface area contributed by atoms with Crippen LogP contribution >= 0.6 is 0 Å². The van der Waals surface area contributed by atoms with E-state index >= 15 is 0 Å². The Bertz CT molecular complexity index is 731. The van der Waals surface area contributed by atoms with Crippen molar-refractivity contribution in [1.29, 1.82) is 0 Å². The molecule has 0 fully saturated rings. The van der Waals surface area contributed by atoms with Gasteiger partial charge in [-0.25, -0.2) is 0 Å². The maximum atomic E-state index is 12.9. The van der Waals surface area contributed by atoms with Crippen molar-refractivity contribution >= 4 is 23.9 Å². The molecule has 0 unspecified atom stereocenters. The third-order valence-electron chi connectivity index (χ3n) is 10.1. The second-order valence-corrected chi connectivity index (χ2v) is 15.6. The van der Waals surface area contributed by atoms with Crippen LogP contribution in [0.15, 0.2) is 0 Å². The lowest BCUT2D eigenvalue weighted by Gasteiger charge is -2.31. The number of carbonyl (C=O) groups excluding carboxylic acids is 4. The lowest BCUT2D eigenvalue weighted by molar-refractivity contribution is -0.170. The predicted molar refractivity (Wildman–Crippen MR) is 217 cm³/mol. The van der Waals surface area contributed by atoms with Gasteiger partial charge in [-0.15, -0.1) is 0 Å². The Morgan fingerprint density at radius 3 is 0.642 bits per heavy atom. The fraction of sp³-hybridized carbons (Fsp3) is 0.911. The summed E-state index contributed by atoms with van der Waals surface area (Å²) in [6, 6.07) is 0. The van der Waals surface area contributed by atoms with Crippen LogP contribution in [0.1, 0.15) is 233 Å². The molecule has 0 rings (SSSR count). The van der Waals surface area contributed by atoms with Crippen LogP contribution in [0.5, 0.6) is 0 Å². The molecule has 0 radical (unpaired) electrons. The molecular formula is C45H84O8. The highest BCUT2D eigenvalue weighted by molar-refractivity contribution is 5.71. The van der Waals surface area contributed by atoms with E-state index in [1.165, 1.54) is 103 Å². The van der Waals surface area contributed by atoms with Crippen LogP contribution in [0.4, 0.5) is 0 Å². The predicted octanol–water partition coefficient (Wildman–Crippen LogP) is 12.7. The van der Waals surface area contributed by atoms with Crippen LogP contribution in [-0.2, 0) is 38.1 Å². The van der Waals surface area contributed by atoms with Crippen molar-refractivity contribution in [2.45, 2.75) is 233 Å². The standard InChI is InChI=1S/C45H84O8/c1-5-9-13-17-21-25-29-33-41(46)50-37-45(38-51-42(47)34-30-26-22-18-14-10-6-2,39-52-43(48)35-31-27-23-19-15-11-7-3)40-53-44(49)36-32-28-24-20-16-12-8-4/h5-40H2,1-4H3. The van der Waals surface area contributed by atoms with E-state index in [-0.39, 0.29) is 76.0 Å². The third kappa shape index (κ3) is 34.1. The van der Waals surface area contributed by atoms with E-state index in [9.17, 15) is 19.2 Å². The fourth-order valence-corrected chi connectivity index (χ4v) is 6.38. The number of ether oxygens (including phenoxy) is 4. The minimum atomic E-state index is -1.18. The molecule has 0 aromatic carbocycles. The summed E-state index contributed by atoms with van der Waals surface area (Å²) >= 11 is 0. The molecule has 8 nitrogen and oxygen atoms in total. The average molecular weight is 753 g/mol. The number of rotatable bonds is 40. The van der Waals surface area contributed by atoms with E-state index in [1.807, 2.05) is 0 Å². The normalized spacial score (nSPS) is 11.4. The molecule has 0 N–H and O–H groups in total. The Kier molecular flexibility index (Phi) is 36.6. The van der Waals surface area contributed by atoms with Gasteiger partial charge in [-0.05, 0) is 25.7 Å². The highest BCUT2D eigenvalue weighted by atomic mass is 16.6. The van der Waals surface area contributed by atoms with Crippen molar-refractivity contribution in [2.24, 2.45) is 5.41 Å². The van der Waals surface area contributed by atoms with E-state index in [2.05, 4.69) is 27.7 Å². The number of carbonyl (C=O) groups is 4. The summed E-state index contributed by atoms with van der Waals surface area (Å²) in [6.07, 6.45) is 31.7. The van der Waals surface area contributed by atoms with E-state index in [0.717, 1.165) is 77.0 Å². The highest BCUT2D eigenvalue weighted by Gasteiger charge is 2.38. The topological polar surface area (TPSA) is 105 Å². The molecule has 0 saturated carbocycles. The lowest BCUT2D eigenvalue weighted by atomic mass is 9.92. The monoisotopic (exact) mass is 753 g/mol. The molecule has 8 heteroatoms. The van der Waals surface area contributed by atoms with E-state index in [1.54, 1.807) is 0 Å². The number of esters is 4. The Morgan fingerprint density at radius 1 is 0.283 bits per heavy atom. The first-order valence-corrected chi connectivity index (χ1v) is 22.4. The maximum absolute atomic E-state index is 12.9. The Hall–Kier alpha value is -2.12. The van der Waals surface area contributed by atoms with Gasteiger partial charge in [0.05, 0.1) is 0 Å². The summed E-state index contributed by atoms with van der Waals surface area (Å²) in [7, 11) is 0. The molecule has 0 bridgehead atoms. The van der Waals surface area contributed by atoms with Gasteiger partial charge in [0.2, 0.25) is 0 Å². The fourth-order valence-electron chi connectivity index (χ4n) is 6.38. The van der Waals surface area contributed by atoms with Gasteiger partial charge in [-0.2, -0.15) is 0 Å². The van der Waals surface area contributed by atoms with E-state index in [4.69, 9.17) is 18.9 Å². The zero-order chi connectivity index (χ0) is 39.1. The van der Waals surface area contributed by atoms with E-state index in [0.29, 0.717) is 0 Å². The number of unbranched alkanes of at least 4 members (excludes halogenated alkanes) is 24. The molecular weight excluding hydrogens is 668 g/mol. The van der Waals surface area contributed by atoms with Crippen LogP contribution < -0.4 is 0 Å². The summed E-state index contributed by atoms with van der Waals surface area (Å²) in [4.78, 5) is 51.6. The van der Waals surface area contributed by atoms with Gasteiger partial charge in [-0.1, -0.05) is 182 Å². The second kappa shape index (κ2) is 38.2. The summed E-state index contributed by atoms with van der Waals surface area (Å²) in [6.45, 7) is 8.13. The highest BCUT2D eigenvalue weighted by Crippen LogP contribution is 2.24. The van der Waals surface area contributed by atoms with Gasteiger partial charge in [0.15, 0.2) is 0 Å². The Labute approximate surface area is 326 Å². The molecule has 0 atom stereocenters. The molecule has 0 heterocycles. The minimum absolute atomic E-state index is 0.164. The van der Waals surface area contributed by atoms with Gasteiger partial charge >= 0.3 is 23.9 Å². The molecule has 0 aliphatic carbocycles. The Morgan fingerprint density at radius 2 is 0.453 bits per heavy atom. The molecule has 53 heavy (non-hydrogen) atoms. The van der Waals surface area contributed by atoms with Gasteiger partial charge in [0.25, 0.3) is 0 Å². The first kappa shape index (κ1) is 50.9. The first-order chi connectivity index (χ1) is 25.8. The number of hydrogen-bond donors (Lipinski definition) is 0. The molecule has 0 spiro atoms. The van der Waals surface area contributed by atoms with Gasteiger partial charge < -0.3 is 18.9 Å². The second-order valence-electron chi connectivity index (χ2n) is 15.6. The first-order valence-electron chi connectivity index (χ1n) is 22.4. The van der Waals surface area contributed by atoms with Crippen LogP contribution in [0.25, 0.3) is 0 Å². The van der Waals surface area contributed by atoms with Crippen molar-refractivity contribution in [1.82, 2.24) is 0 Å². The summed E-state index contributed by atoms with van der Waals surface area (Å²) < 4.78 is 23.1. The van der Waals surface area contributed by atoms with Crippen molar-refractivity contribution in [3.05, 3.63) is 0 Å². The van der Waals surface area contributed by atoms with Gasteiger partial charge in [0, 0.05) is 25.7 Å². The maximum Gasteiger partial charge on any atom is 0.305 e.